The van der Waals surface area contributed by atoms with Crippen molar-refractivity contribution in [3.8, 4) is 11.5 Å². The predicted molar refractivity (Wildman–Crippen MR) is 75.9 cm³/mol. The van der Waals surface area contributed by atoms with Crippen molar-refractivity contribution in [2.75, 3.05) is 14.2 Å². The van der Waals surface area contributed by atoms with E-state index in [1.165, 1.54) is 20.3 Å². The smallest absolute Gasteiger partial charge is 0.307 e. The van der Waals surface area contributed by atoms with Crippen molar-refractivity contribution in [2.45, 2.75) is 18.3 Å². The predicted octanol–water partition coefficient (Wildman–Crippen LogP) is 2.72. The fraction of sp³-hybridized carbons (Fsp3) is 0.312. The maximum absolute atomic E-state index is 11.7. The number of carbonyl (C=O) groups is 1. The van der Waals surface area contributed by atoms with Gasteiger partial charge in [-0.1, -0.05) is 24.3 Å². The van der Waals surface area contributed by atoms with E-state index in [0.717, 1.165) is 12.0 Å². The van der Waals surface area contributed by atoms with Crippen LogP contribution in [0.1, 0.15) is 18.4 Å². The van der Waals surface area contributed by atoms with E-state index >= 15 is 0 Å². The van der Waals surface area contributed by atoms with Crippen LogP contribution in [0.5, 0.6) is 11.5 Å². The molecule has 20 heavy (non-hydrogen) atoms. The first-order valence-corrected chi connectivity index (χ1v) is 6.40. The lowest BCUT2D eigenvalue weighted by Crippen LogP contribution is -2.26. The number of hydrogen-bond donors (Lipinski definition) is 1. The van der Waals surface area contributed by atoms with Crippen LogP contribution < -0.4 is 4.74 Å². The molecule has 1 aliphatic carbocycles. The minimum Gasteiger partial charge on any atom is -0.508 e. The molecule has 2 rings (SSSR count). The van der Waals surface area contributed by atoms with Gasteiger partial charge in [0.15, 0.2) is 0 Å². The van der Waals surface area contributed by atoms with Gasteiger partial charge in [-0.25, -0.2) is 0 Å². The van der Waals surface area contributed by atoms with Crippen molar-refractivity contribution in [1.29, 1.82) is 0 Å². The molecule has 0 amide bonds. The maximum Gasteiger partial charge on any atom is 0.307 e. The van der Waals surface area contributed by atoms with Gasteiger partial charge in [-0.05, 0) is 24.1 Å². The Morgan fingerprint density at radius 1 is 1.25 bits per heavy atom. The van der Waals surface area contributed by atoms with Gasteiger partial charge in [0.2, 0.25) is 0 Å². The minimum absolute atomic E-state index is 0.107. The molecule has 1 aromatic carbocycles. The van der Waals surface area contributed by atoms with Crippen LogP contribution >= 0.6 is 0 Å². The van der Waals surface area contributed by atoms with Gasteiger partial charge in [0.05, 0.1) is 20.6 Å². The quantitative estimate of drug-likeness (QED) is 0.677. The zero-order valence-electron chi connectivity index (χ0n) is 11.6. The molecule has 0 aliphatic heterocycles. The largest absolute Gasteiger partial charge is 0.508 e. The first kappa shape index (κ1) is 14.2. The molecule has 4 nitrogen and oxygen atoms in total. The molecule has 0 atom stereocenters. The van der Waals surface area contributed by atoms with Crippen LogP contribution in [-0.4, -0.2) is 25.3 Å². The van der Waals surface area contributed by atoms with Crippen LogP contribution in [0, 0.1) is 0 Å². The number of allylic oxidation sites excluding steroid dienone is 4. The zero-order chi connectivity index (χ0) is 14.6. The normalized spacial score (nSPS) is 15.9. The highest BCUT2D eigenvalue weighted by molar-refractivity contribution is 5.73. The molecule has 1 aliphatic rings. The SMILES string of the molecule is COC(=O)CC1(c2cc(O)cc(OC)c2)C=CCC=C1. The lowest BCUT2D eigenvalue weighted by atomic mass is 9.75. The Hall–Kier alpha value is -2.23. The van der Waals surface area contributed by atoms with Crippen LogP contribution in [-0.2, 0) is 14.9 Å². The average molecular weight is 274 g/mol. The number of aromatic hydroxyl groups is 1. The van der Waals surface area contributed by atoms with Gasteiger partial charge in [0, 0.05) is 11.5 Å². The number of hydrogen-bond acceptors (Lipinski definition) is 4. The van der Waals surface area contributed by atoms with Gasteiger partial charge in [0.1, 0.15) is 11.5 Å². The second-order valence-corrected chi connectivity index (χ2v) is 4.75. The second kappa shape index (κ2) is 5.82. The molecule has 1 aromatic rings. The van der Waals surface area contributed by atoms with Crippen LogP contribution in [0.3, 0.4) is 0 Å². The van der Waals surface area contributed by atoms with Gasteiger partial charge in [-0.3, -0.25) is 4.79 Å². The zero-order valence-corrected chi connectivity index (χ0v) is 11.6. The van der Waals surface area contributed by atoms with Crippen LogP contribution in [0.25, 0.3) is 0 Å². The minimum atomic E-state index is -0.600. The summed E-state index contributed by atoms with van der Waals surface area (Å²) in [6.07, 6.45) is 8.96. The van der Waals surface area contributed by atoms with Crippen LogP contribution in [0.2, 0.25) is 0 Å². The highest BCUT2D eigenvalue weighted by atomic mass is 16.5. The molecular formula is C16H18O4. The van der Waals surface area contributed by atoms with Crippen LogP contribution in [0.15, 0.2) is 42.5 Å². The van der Waals surface area contributed by atoms with Gasteiger partial charge >= 0.3 is 5.97 Å². The first-order valence-electron chi connectivity index (χ1n) is 6.40. The Balaban J connectivity index is 2.48. The third-order valence-corrected chi connectivity index (χ3v) is 3.43. The fourth-order valence-electron chi connectivity index (χ4n) is 2.38. The third-order valence-electron chi connectivity index (χ3n) is 3.43. The van der Waals surface area contributed by atoms with E-state index in [4.69, 9.17) is 9.47 Å². The van der Waals surface area contributed by atoms with Gasteiger partial charge < -0.3 is 14.6 Å². The van der Waals surface area contributed by atoms with Gasteiger partial charge in [-0.2, -0.15) is 0 Å². The molecule has 0 saturated heterocycles. The summed E-state index contributed by atoms with van der Waals surface area (Å²) in [5, 5.41) is 9.82. The molecule has 0 unspecified atom stereocenters. The van der Waals surface area contributed by atoms with Crippen molar-refractivity contribution in [2.24, 2.45) is 0 Å². The van der Waals surface area contributed by atoms with Crippen LogP contribution in [0.4, 0.5) is 0 Å². The van der Waals surface area contributed by atoms with Crippen molar-refractivity contribution in [3.63, 3.8) is 0 Å². The second-order valence-electron chi connectivity index (χ2n) is 4.75. The molecule has 0 bridgehead atoms. The Bertz CT molecular complexity index is 546. The summed E-state index contributed by atoms with van der Waals surface area (Å²) in [4.78, 5) is 11.7. The number of benzene rings is 1. The highest BCUT2D eigenvalue weighted by Crippen LogP contribution is 2.38. The van der Waals surface area contributed by atoms with E-state index < -0.39 is 5.41 Å². The standard InChI is InChI=1S/C16H18O4/c1-19-14-9-12(8-13(17)10-14)16(11-15(18)20-2)6-4-3-5-7-16/h4-10,17H,3,11H2,1-2H3. The highest BCUT2D eigenvalue weighted by Gasteiger charge is 2.32. The maximum atomic E-state index is 11.7. The number of phenols is 1. The summed E-state index contributed by atoms with van der Waals surface area (Å²) in [6, 6.07) is 5.00. The fourth-order valence-corrected chi connectivity index (χ4v) is 2.38. The molecular weight excluding hydrogens is 256 g/mol. The number of ether oxygens (including phenoxy) is 2. The Labute approximate surface area is 118 Å². The lowest BCUT2D eigenvalue weighted by molar-refractivity contribution is -0.141. The lowest BCUT2D eigenvalue weighted by Gasteiger charge is -2.29. The van der Waals surface area contributed by atoms with Crippen molar-refractivity contribution >= 4 is 5.97 Å². The molecule has 1 N–H and O–H groups in total. The number of esters is 1. The Morgan fingerprint density at radius 2 is 1.95 bits per heavy atom. The summed E-state index contributed by atoms with van der Waals surface area (Å²) in [5.74, 6) is 0.357. The first-order chi connectivity index (χ1) is 9.59. The monoisotopic (exact) mass is 274 g/mol. The Morgan fingerprint density at radius 3 is 2.55 bits per heavy atom. The summed E-state index contributed by atoms with van der Waals surface area (Å²) < 4.78 is 9.96. The summed E-state index contributed by atoms with van der Waals surface area (Å²) in [6.45, 7) is 0. The van der Waals surface area contributed by atoms with Crippen molar-refractivity contribution in [3.05, 3.63) is 48.1 Å². The molecule has 106 valence electrons. The van der Waals surface area contributed by atoms with E-state index in [2.05, 4.69) is 0 Å². The summed E-state index contributed by atoms with van der Waals surface area (Å²) in [5.41, 5.74) is 0.198. The number of carbonyl (C=O) groups excluding carboxylic acids is 1. The van der Waals surface area contributed by atoms with Crippen molar-refractivity contribution in [1.82, 2.24) is 0 Å². The number of phenolic OH excluding ortho intramolecular Hbond substituents is 1. The average Bonchev–Trinajstić information content (AvgIpc) is 2.47. The summed E-state index contributed by atoms with van der Waals surface area (Å²) in [7, 11) is 2.91. The Kier molecular flexibility index (Phi) is 4.13. The van der Waals surface area contributed by atoms with E-state index in [9.17, 15) is 9.90 Å². The summed E-state index contributed by atoms with van der Waals surface area (Å²) >= 11 is 0. The molecule has 0 spiro atoms. The molecule has 4 heteroatoms. The number of methoxy groups -OCH3 is 2. The van der Waals surface area contributed by atoms with Crippen molar-refractivity contribution < 1.29 is 19.4 Å². The van der Waals surface area contributed by atoms with Gasteiger partial charge in [0.25, 0.3) is 0 Å². The van der Waals surface area contributed by atoms with E-state index in [0.29, 0.717) is 5.75 Å². The van der Waals surface area contributed by atoms with E-state index in [1.54, 1.807) is 6.07 Å². The van der Waals surface area contributed by atoms with Gasteiger partial charge in [-0.15, -0.1) is 0 Å². The molecule has 0 aromatic heterocycles. The third kappa shape index (κ3) is 2.85. The van der Waals surface area contributed by atoms with E-state index in [1.807, 2.05) is 30.4 Å². The molecule has 0 fully saturated rings. The van der Waals surface area contributed by atoms with E-state index in [-0.39, 0.29) is 18.1 Å². The topological polar surface area (TPSA) is 55.8 Å². The molecule has 0 radical (unpaired) electrons. The molecule has 0 saturated carbocycles. The molecule has 0 heterocycles. The number of rotatable bonds is 4.